The normalized spacial score (nSPS) is 10.9. The Labute approximate surface area is 86.8 Å². The van der Waals surface area contributed by atoms with Gasteiger partial charge in [-0.05, 0) is 30.5 Å². The number of rotatable bonds is 3. The molecular formula is C9H9Cl2NO. The number of benzene rings is 1. The maximum atomic E-state index is 8.19. The minimum atomic E-state index is 0.625. The molecule has 0 saturated carbocycles. The zero-order valence-electron chi connectivity index (χ0n) is 6.87. The van der Waals surface area contributed by atoms with Crippen molar-refractivity contribution in [3.8, 4) is 0 Å². The Morgan fingerprint density at radius 1 is 1.31 bits per heavy atom. The molecule has 1 aromatic carbocycles. The summed E-state index contributed by atoms with van der Waals surface area (Å²) >= 11 is 11.8. The fourth-order valence-corrected chi connectivity index (χ4v) is 1.62. The summed E-state index contributed by atoms with van der Waals surface area (Å²) in [6, 6.07) is 5.38. The number of halogens is 2. The van der Waals surface area contributed by atoms with Crippen LogP contribution in [0.15, 0.2) is 23.4 Å². The molecule has 1 rings (SSSR count). The van der Waals surface area contributed by atoms with Gasteiger partial charge < -0.3 is 5.21 Å². The fourth-order valence-electron chi connectivity index (χ4n) is 1.04. The summed E-state index contributed by atoms with van der Waals surface area (Å²) in [5.41, 5.74) is 0.894. The third kappa shape index (κ3) is 2.90. The highest BCUT2D eigenvalue weighted by atomic mass is 35.5. The quantitative estimate of drug-likeness (QED) is 0.470. The summed E-state index contributed by atoms with van der Waals surface area (Å²) in [6.07, 6.45) is 2.72. The van der Waals surface area contributed by atoms with E-state index >= 15 is 0 Å². The van der Waals surface area contributed by atoms with Gasteiger partial charge in [0.05, 0.1) is 0 Å². The number of hydrogen-bond donors (Lipinski definition) is 1. The molecule has 0 unspecified atom stereocenters. The number of oxime groups is 1. The van der Waals surface area contributed by atoms with Gasteiger partial charge in [0.1, 0.15) is 0 Å². The molecule has 0 heterocycles. The van der Waals surface area contributed by atoms with Gasteiger partial charge in [-0.1, -0.05) is 29.3 Å². The first-order chi connectivity index (χ1) is 6.25. The average Bonchev–Trinajstić information content (AvgIpc) is 2.10. The van der Waals surface area contributed by atoms with Crippen molar-refractivity contribution in [1.82, 2.24) is 0 Å². The fraction of sp³-hybridized carbons (Fsp3) is 0.222. The van der Waals surface area contributed by atoms with Crippen LogP contribution >= 0.6 is 23.2 Å². The van der Waals surface area contributed by atoms with E-state index in [2.05, 4.69) is 5.16 Å². The summed E-state index contributed by atoms with van der Waals surface area (Å²) in [4.78, 5) is 0. The van der Waals surface area contributed by atoms with Gasteiger partial charge in [-0.2, -0.15) is 0 Å². The van der Waals surface area contributed by atoms with E-state index in [-0.39, 0.29) is 0 Å². The molecular weight excluding hydrogens is 209 g/mol. The smallest absolute Gasteiger partial charge is 0.0452 e. The summed E-state index contributed by atoms with van der Waals surface area (Å²) in [6.45, 7) is 0. The lowest BCUT2D eigenvalue weighted by Gasteiger charge is -2.03. The van der Waals surface area contributed by atoms with Crippen LogP contribution in [0, 0.1) is 0 Å². The molecule has 1 N–H and O–H groups in total. The molecule has 0 radical (unpaired) electrons. The molecule has 0 spiro atoms. The first-order valence-electron chi connectivity index (χ1n) is 3.84. The molecule has 0 aliphatic carbocycles. The van der Waals surface area contributed by atoms with E-state index in [1.165, 1.54) is 6.21 Å². The molecule has 2 nitrogen and oxygen atoms in total. The van der Waals surface area contributed by atoms with E-state index in [1.807, 2.05) is 0 Å². The molecule has 0 aromatic heterocycles. The Balaban J connectivity index is 2.75. The van der Waals surface area contributed by atoms with Crippen molar-refractivity contribution >= 4 is 29.4 Å². The van der Waals surface area contributed by atoms with Crippen LogP contribution < -0.4 is 0 Å². The predicted octanol–water partition coefficient (Wildman–Crippen LogP) is 3.39. The van der Waals surface area contributed by atoms with Crippen molar-refractivity contribution in [2.24, 2.45) is 5.16 Å². The molecule has 0 bridgehead atoms. The van der Waals surface area contributed by atoms with Crippen molar-refractivity contribution in [2.75, 3.05) is 0 Å². The lowest BCUT2D eigenvalue weighted by atomic mass is 10.1. The van der Waals surface area contributed by atoms with Crippen LogP contribution in [-0.4, -0.2) is 11.4 Å². The van der Waals surface area contributed by atoms with E-state index in [0.717, 1.165) is 5.56 Å². The largest absolute Gasteiger partial charge is 0.411 e. The third-order valence-corrected chi connectivity index (χ3v) is 2.37. The van der Waals surface area contributed by atoms with Crippen LogP contribution in [0.25, 0.3) is 0 Å². The van der Waals surface area contributed by atoms with E-state index < -0.39 is 0 Å². The van der Waals surface area contributed by atoms with Crippen molar-refractivity contribution in [3.05, 3.63) is 33.8 Å². The summed E-state index contributed by atoms with van der Waals surface area (Å²) in [7, 11) is 0. The highest BCUT2D eigenvalue weighted by Crippen LogP contribution is 2.24. The van der Waals surface area contributed by atoms with Crippen LogP contribution in [0.5, 0.6) is 0 Å². The molecule has 0 aliphatic rings. The molecule has 0 atom stereocenters. The lowest BCUT2D eigenvalue weighted by Crippen LogP contribution is -1.89. The third-order valence-electron chi connectivity index (χ3n) is 1.67. The molecule has 0 saturated heterocycles. The minimum Gasteiger partial charge on any atom is -0.411 e. The summed E-state index contributed by atoms with van der Waals surface area (Å²) < 4.78 is 0. The van der Waals surface area contributed by atoms with Crippen molar-refractivity contribution in [1.29, 1.82) is 0 Å². The Morgan fingerprint density at radius 2 is 1.92 bits per heavy atom. The molecule has 0 fully saturated rings. The summed E-state index contributed by atoms with van der Waals surface area (Å²) in [5, 5.41) is 12.4. The van der Waals surface area contributed by atoms with Gasteiger partial charge in [0, 0.05) is 16.3 Å². The Bertz CT molecular complexity index is 292. The van der Waals surface area contributed by atoms with Crippen LogP contribution in [0.4, 0.5) is 0 Å². The molecule has 70 valence electrons. The van der Waals surface area contributed by atoms with E-state index in [0.29, 0.717) is 22.9 Å². The van der Waals surface area contributed by atoms with Gasteiger partial charge in [0.2, 0.25) is 0 Å². The predicted molar refractivity (Wildman–Crippen MR) is 55.1 cm³/mol. The van der Waals surface area contributed by atoms with Crippen LogP contribution in [0.3, 0.4) is 0 Å². The zero-order chi connectivity index (χ0) is 9.68. The standard InChI is InChI=1S/C9H9Cl2NO/c10-8-4-1-5-9(11)7(8)3-2-6-12-13/h1,4-6,13H,2-3H2/b12-6-. The molecule has 0 amide bonds. The Morgan fingerprint density at radius 3 is 2.46 bits per heavy atom. The molecule has 0 aliphatic heterocycles. The van der Waals surface area contributed by atoms with Gasteiger partial charge in [-0.15, -0.1) is 5.16 Å². The first-order valence-corrected chi connectivity index (χ1v) is 4.60. The number of nitrogens with zero attached hydrogens (tertiary/aromatic N) is 1. The van der Waals surface area contributed by atoms with Gasteiger partial charge in [-0.25, -0.2) is 0 Å². The molecule has 1 aromatic rings. The van der Waals surface area contributed by atoms with Gasteiger partial charge >= 0.3 is 0 Å². The average molecular weight is 218 g/mol. The first kappa shape index (κ1) is 10.4. The lowest BCUT2D eigenvalue weighted by molar-refractivity contribution is 0.320. The Hall–Kier alpha value is -0.730. The topological polar surface area (TPSA) is 32.6 Å². The Kier molecular flexibility index (Phi) is 4.06. The van der Waals surface area contributed by atoms with E-state index in [1.54, 1.807) is 18.2 Å². The second kappa shape index (κ2) is 5.10. The number of hydrogen-bond acceptors (Lipinski definition) is 2. The van der Waals surface area contributed by atoms with Crippen molar-refractivity contribution in [3.63, 3.8) is 0 Å². The van der Waals surface area contributed by atoms with Crippen molar-refractivity contribution < 1.29 is 5.21 Å². The van der Waals surface area contributed by atoms with Crippen LogP contribution in [-0.2, 0) is 6.42 Å². The maximum absolute atomic E-state index is 8.19. The van der Waals surface area contributed by atoms with E-state index in [9.17, 15) is 0 Å². The second-order valence-corrected chi connectivity index (χ2v) is 3.35. The van der Waals surface area contributed by atoms with Crippen molar-refractivity contribution in [2.45, 2.75) is 12.8 Å². The molecule has 4 heteroatoms. The molecule has 13 heavy (non-hydrogen) atoms. The highest BCUT2D eigenvalue weighted by Gasteiger charge is 2.03. The highest BCUT2D eigenvalue weighted by molar-refractivity contribution is 6.36. The van der Waals surface area contributed by atoms with Crippen LogP contribution in [0.2, 0.25) is 10.0 Å². The van der Waals surface area contributed by atoms with Gasteiger partial charge in [-0.3, -0.25) is 0 Å². The maximum Gasteiger partial charge on any atom is 0.0452 e. The zero-order valence-corrected chi connectivity index (χ0v) is 8.39. The SMILES string of the molecule is O/N=C\CCc1c(Cl)cccc1Cl. The van der Waals surface area contributed by atoms with Gasteiger partial charge in [0.15, 0.2) is 0 Å². The van der Waals surface area contributed by atoms with Gasteiger partial charge in [0.25, 0.3) is 0 Å². The van der Waals surface area contributed by atoms with E-state index in [4.69, 9.17) is 28.4 Å². The summed E-state index contributed by atoms with van der Waals surface area (Å²) in [5.74, 6) is 0. The minimum absolute atomic E-state index is 0.625. The second-order valence-electron chi connectivity index (χ2n) is 2.54. The monoisotopic (exact) mass is 217 g/mol. The van der Waals surface area contributed by atoms with Crippen LogP contribution in [0.1, 0.15) is 12.0 Å².